The molecule has 1 spiro atoms. The molecule has 2 fully saturated rings. The molecular weight excluding hydrogens is 302 g/mol. The Bertz CT molecular complexity index is 573. The van der Waals surface area contributed by atoms with Gasteiger partial charge >= 0.3 is 6.18 Å². The van der Waals surface area contributed by atoms with Crippen LogP contribution in [0.5, 0.6) is 0 Å². The highest BCUT2D eigenvalue weighted by molar-refractivity contribution is 5.74. The lowest BCUT2D eigenvalue weighted by molar-refractivity contribution is -0.214. The number of carbonyl (C=O) groups excluding carboxylic acids is 1. The zero-order valence-electron chi connectivity index (χ0n) is 11.7. The van der Waals surface area contributed by atoms with Crippen molar-refractivity contribution in [1.29, 1.82) is 0 Å². The van der Waals surface area contributed by atoms with Crippen molar-refractivity contribution in [1.82, 2.24) is 4.98 Å². The number of rotatable bonds is 4. The topological polar surface area (TPSA) is 39.2 Å². The summed E-state index contributed by atoms with van der Waals surface area (Å²) in [6, 6.07) is 1.16. The molecule has 0 N–H and O–H groups in total. The number of ether oxygens (including phenoxy) is 1. The molecule has 0 amide bonds. The quantitative estimate of drug-likeness (QED) is 0.629. The predicted octanol–water partition coefficient (Wildman–Crippen LogP) is 3.64. The summed E-state index contributed by atoms with van der Waals surface area (Å²) in [6.45, 7) is -1.21. The average Bonchev–Trinajstić information content (AvgIpc) is 2.35. The fourth-order valence-electron chi connectivity index (χ4n) is 3.58. The van der Waals surface area contributed by atoms with Crippen LogP contribution in [0.25, 0.3) is 0 Å². The molecule has 0 aliphatic heterocycles. The molecule has 0 unspecified atom stereocenters. The second-order valence-electron chi connectivity index (χ2n) is 6.32. The van der Waals surface area contributed by atoms with Gasteiger partial charge in [0.05, 0.1) is 11.8 Å². The largest absolute Gasteiger partial charge is 0.411 e. The van der Waals surface area contributed by atoms with Gasteiger partial charge in [0, 0.05) is 17.7 Å². The average molecular weight is 317 g/mol. The van der Waals surface area contributed by atoms with E-state index >= 15 is 0 Å². The van der Waals surface area contributed by atoms with Crippen LogP contribution in [0, 0.1) is 11.2 Å². The van der Waals surface area contributed by atoms with Crippen molar-refractivity contribution in [2.45, 2.75) is 43.9 Å². The summed E-state index contributed by atoms with van der Waals surface area (Å²) < 4.78 is 54.8. The lowest BCUT2D eigenvalue weighted by Crippen LogP contribution is -2.51. The predicted molar refractivity (Wildman–Crippen MR) is 69.0 cm³/mol. The number of carbonyl (C=O) groups is 1. The van der Waals surface area contributed by atoms with Gasteiger partial charge in [-0.3, -0.25) is 9.78 Å². The van der Waals surface area contributed by atoms with Gasteiger partial charge in [0.2, 0.25) is 0 Å². The molecule has 2 aliphatic rings. The normalized spacial score (nSPS) is 30.7. The Morgan fingerprint density at radius 1 is 1.32 bits per heavy atom. The van der Waals surface area contributed by atoms with E-state index in [1.807, 2.05) is 0 Å². The van der Waals surface area contributed by atoms with Crippen LogP contribution in [-0.4, -0.2) is 30.2 Å². The monoisotopic (exact) mass is 317 g/mol. The number of aldehydes is 1. The Morgan fingerprint density at radius 3 is 2.55 bits per heavy atom. The standard InChI is InChI=1S/C15H15F4NO2/c16-12-1-9(7-21)6-20-13(12)10-2-14(3-10)4-11(5-14)22-8-15(17,18)19/h1,6-7,10-11H,2-5,8H2. The van der Waals surface area contributed by atoms with Gasteiger partial charge in [-0.15, -0.1) is 0 Å². The smallest absolute Gasteiger partial charge is 0.369 e. The summed E-state index contributed by atoms with van der Waals surface area (Å²) in [4.78, 5) is 14.5. The van der Waals surface area contributed by atoms with Gasteiger partial charge in [-0.05, 0) is 37.2 Å². The fraction of sp³-hybridized carbons (Fsp3) is 0.600. The van der Waals surface area contributed by atoms with Crippen molar-refractivity contribution in [2.75, 3.05) is 6.61 Å². The van der Waals surface area contributed by atoms with E-state index in [1.165, 1.54) is 6.20 Å². The second-order valence-corrected chi connectivity index (χ2v) is 6.32. The van der Waals surface area contributed by atoms with Crippen LogP contribution in [0.15, 0.2) is 12.3 Å². The molecule has 22 heavy (non-hydrogen) atoms. The highest BCUT2D eigenvalue weighted by Gasteiger charge is 2.54. The highest BCUT2D eigenvalue weighted by atomic mass is 19.4. The molecule has 0 saturated heterocycles. The highest BCUT2D eigenvalue weighted by Crippen LogP contribution is 2.62. The van der Waals surface area contributed by atoms with Gasteiger partial charge < -0.3 is 4.74 Å². The first kappa shape index (κ1) is 15.4. The Hall–Kier alpha value is -1.50. The van der Waals surface area contributed by atoms with Crippen molar-refractivity contribution in [2.24, 2.45) is 5.41 Å². The summed E-state index contributed by atoms with van der Waals surface area (Å²) in [5, 5.41) is 0. The molecular formula is C15H15F4NO2. The first-order chi connectivity index (χ1) is 10.3. The molecule has 0 radical (unpaired) electrons. The van der Waals surface area contributed by atoms with Crippen LogP contribution < -0.4 is 0 Å². The van der Waals surface area contributed by atoms with Gasteiger partial charge in [0.25, 0.3) is 0 Å². The van der Waals surface area contributed by atoms with Gasteiger partial charge in [-0.1, -0.05) is 0 Å². The van der Waals surface area contributed by atoms with Crippen LogP contribution in [0.2, 0.25) is 0 Å². The van der Waals surface area contributed by atoms with Crippen LogP contribution >= 0.6 is 0 Å². The molecule has 7 heteroatoms. The minimum absolute atomic E-state index is 0.0155. The van der Waals surface area contributed by atoms with Gasteiger partial charge in [0.1, 0.15) is 12.4 Å². The third kappa shape index (κ3) is 2.99. The molecule has 1 aromatic heterocycles. The number of aromatic nitrogens is 1. The first-order valence-electron chi connectivity index (χ1n) is 7.09. The third-order valence-electron chi connectivity index (χ3n) is 4.58. The van der Waals surface area contributed by atoms with E-state index in [4.69, 9.17) is 4.74 Å². The Balaban J connectivity index is 1.50. The maximum absolute atomic E-state index is 13.8. The molecule has 3 rings (SSSR count). The summed E-state index contributed by atoms with van der Waals surface area (Å²) in [7, 11) is 0. The summed E-state index contributed by atoms with van der Waals surface area (Å²) in [5.41, 5.74) is 0.522. The summed E-state index contributed by atoms with van der Waals surface area (Å²) in [5.74, 6) is -0.516. The number of nitrogens with zero attached hydrogens (tertiary/aromatic N) is 1. The van der Waals surface area contributed by atoms with Gasteiger partial charge in [-0.25, -0.2) is 4.39 Å². The van der Waals surface area contributed by atoms with E-state index in [2.05, 4.69) is 4.98 Å². The van der Waals surface area contributed by atoms with Crippen molar-refractivity contribution >= 4 is 6.29 Å². The summed E-state index contributed by atoms with van der Waals surface area (Å²) >= 11 is 0. The SMILES string of the molecule is O=Cc1cnc(C2CC3(CC(OCC(F)(F)F)C3)C2)c(F)c1. The molecule has 2 saturated carbocycles. The number of hydrogen-bond acceptors (Lipinski definition) is 3. The molecule has 0 bridgehead atoms. The molecule has 1 heterocycles. The van der Waals surface area contributed by atoms with Gasteiger partial charge in [-0.2, -0.15) is 13.2 Å². The van der Waals surface area contributed by atoms with E-state index in [0.717, 1.165) is 6.07 Å². The molecule has 0 aromatic carbocycles. The van der Waals surface area contributed by atoms with Crippen LogP contribution in [0.1, 0.15) is 47.7 Å². The van der Waals surface area contributed by atoms with E-state index < -0.39 is 18.6 Å². The first-order valence-corrected chi connectivity index (χ1v) is 7.09. The molecule has 3 nitrogen and oxygen atoms in total. The van der Waals surface area contributed by atoms with Crippen molar-refractivity contribution < 1.29 is 27.1 Å². The maximum atomic E-state index is 13.8. The van der Waals surface area contributed by atoms with Crippen LogP contribution in [-0.2, 0) is 4.74 Å². The minimum atomic E-state index is -4.29. The zero-order valence-corrected chi connectivity index (χ0v) is 11.7. The number of pyridine rings is 1. The maximum Gasteiger partial charge on any atom is 0.411 e. The molecule has 120 valence electrons. The summed E-state index contributed by atoms with van der Waals surface area (Å²) in [6.07, 6.45) is -0.160. The number of alkyl halides is 3. The van der Waals surface area contributed by atoms with E-state index in [0.29, 0.717) is 37.7 Å². The Kier molecular flexibility index (Phi) is 3.71. The van der Waals surface area contributed by atoms with E-state index in [1.54, 1.807) is 0 Å². The third-order valence-corrected chi connectivity index (χ3v) is 4.58. The lowest BCUT2D eigenvalue weighted by atomic mass is 9.50. The minimum Gasteiger partial charge on any atom is -0.369 e. The van der Waals surface area contributed by atoms with E-state index in [-0.39, 0.29) is 23.0 Å². The van der Waals surface area contributed by atoms with Crippen molar-refractivity contribution in [3.63, 3.8) is 0 Å². The van der Waals surface area contributed by atoms with E-state index in [9.17, 15) is 22.4 Å². The fourth-order valence-corrected chi connectivity index (χ4v) is 3.58. The number of halogens is 4. The molecule has 0 atom stereocenters. The number of hydrogen-bond donors (Lipinski definition) is 0. The Labute approximate surface area is 124 Å². The van der Waals surface area contributed by atoms with Crippen LogP contribution in [0.3, 0.4) is 0 Å². The van der Waals surface area contributed by atoms with Gasteiger partial charge in [0.15, 0.2) is 6.29 Å². The molecule has 1 aromatic rings. The molecule has 2 aliphatic carbocycles. The second kappa shape index (κ2) is 5.30. The zero-order chi connectivity index (χ0) is 16.0. The van der Waals surface area contributed by atoms with Crippen molar-refractivity contribution in [3.8, 4) is 0 Å². The lowest BCUT2D eigenvalue weighted by Gasteiger charge is -2.57. The van der Waals surface area contributed by atoms with Crippen molar-refractivity contribution in [3.05, 3.63) is 29.3 Å². The Morgan fingerprint density at radius 2 is 2.00 bits per heavy atom. The van der Waals surface area contributed by atoms with Crippen LogP contribution in [0.4, 0.5) is 17.6 Å².